The second kappa shape index (κ2) is 24.1. The first-order valence-corrected chi connectivity index (χ1v) is 22.7. The van der Waals surface area contributed by atoms with E-state index < -0.39 is 36.8 Å². The molecule has 0 unspecified atom stereocenters. The molecule has 0 radical (unpaired) electrons. The summed E-state index contributed by atoms with van der Waals surface area (Å²) in [4.78, 5) is 2.47. The minimum atomic E-state index is -4.68. The second-order valence-electron chi connectivity index (χ2n) is 14.5. The molecule has 0 atom stereocenters. The van der Waals surface area contributed by atoms with Crippen LogP contribution < -0.4 is 104 Å². The number of unbranched alkanes of at least 4 members (excludes halogenated alkanes) is 2. The molecule has 2 aromatic carbocycles. The molecule has 59 heavy (non-hydrogen) atoms. The summed E-state index contributed by atoms with van der Waals surface area (Å²) >= 11 is 8.75. The summed E-state index contributed by atoms with van der Waals surface area (Å²) in [5.74, 6) is 0.0780. The van der Waals surface area contributed by atoms with Crippen molar-refractivity contribution >= 4 is 73.0 Å². The molecular weight excluding hydrogens is 897 g/mol. The Kier molecular flexibility index (Phi) is 22.7. The zero-order valence-corrected chi connectivity index (χ0v) is 44.2. The predicted molar refractivity (Wildman–Crippen MR) is 207 cm³/mol. The molecule has 0 spiro atoms. The predicted octanol–water partition coefficient (Wildman–Crippen LogP) is -3.36. The third-order valence-corrected chi connectivity index (χ3v) is 13.5. The van der Waals surface area contributed by atoms with Gasteiger partial charge in [0.25, 0.3) is 0 Å². The Bertz CT molecular complexity index is 2200. The van der Waals surface area contributed by atoms with Gasteiger partial charge in [0.15, 0.2) is 5.71 Å². The number of allylic oxidation sites excluding steroid dienone is 8. The average molecular weight is 939 g/mol. The molecule has 0 bridgehead atoms. The van der Waals surface area contributed by atoms with E-state index in [0.29, 0.717) is 66.4 Å². The molecule has 14 nitrogen and oxygen atoms in total. The number of halogens is 1. The van der Waals surface area contributed by atoms with Crippen LogP contribution in [-0.4, -0.2) is 60.8 Å². The minimum absolute atomic E-state index is 0. The number of benzene rings is 2. The Morgan fingerprint density at radius 3 is 2.22 bits per heavy atom. The quantitative estimate of drug-likeness (QED) is 0.0257. The van der Waals surface area contributed by atoms with Crippen LogP contribution in [0.3, 0.4) is 0 Å². The molecule has 3 aliphatic rings. The topological polar surface area (TPSA) is 204 Å². The van der Waals surface area contributed by atoms with Gasteiger partial charge in [-0.15, -0.1) is 0 Å². The molecule has 22 heteroatoms. The van der Waals surface area contributed by atoms with Crippen molar-refractivity contribution in [1.29, 1.82) is 0 Å². The van der Waals surface area contributed by atoms with E-state index in [9.17, 15) is 36.5 Å². The van der Waals surface area contributed by atoms with Crippen LogP contribution in [0.5, 0.6) is 0 Å². The Morgan fingerprint density at radius 1 is 0.847 bits per heavy atom. The molecule has 0 aromatic heterocycles. The van der Waals surface area contributed by atoms with Crippen molar-refractivity contribution in [2.45, 2.75) is 86.8 Å². The fourth-order valence-corrected chi connectivity index (χ4v) is 9.65. The average Bonchev–Trinajstić information content (AvgIpc) is 3.66. The maximum Gasteiger partial charge on any atom is 1.00 e. The molecule has 1 aliphatic carbocycles. The van der Waals surface area contributed by atoms with Crippen LogP contribution >= 0.6 is 35.7 Å². The third-order valence-electron chi connectivity index (χ3n) is 10.2. The standard InChI is InChI=1S/C37H45ClN2O12S4.3Na/c1-36(2)29-23-27(54-52-50-42)13-15-31(29)40(20-6-8-22-55(43,44)45)33(36)17-11-25-9-10-26(35(25)38)12-18-34-37(3,4)30-24-28(56(46,47)48)14-16-32(30)39(34)19-5-7-21-53-51-49-41;;;/h11-18,23-24H,5-10,19-22H2,1-4H3,(H3-,41,42,43,44,45,46,47,48);;;/q;3*+1/p-3. The van der Waals surface area contributed by atoms with Gasteiger partial charge in [-0.25, -0.2) is 16.8 Å². The second-order valence-corrected chi connectivity index (χ2v) is 19.4. The van der Waals surface area contributed by atoms with Gasteiger partial charge in [0.05, 0.1) is 32.5 Å². The van der Waals surface area contributed by atoms with Crippen LogP contribution in [0.2, 0.25) is 0 Å². The van der Waals surface area contributed by atoms with Crippen molar-refractivity contribution in [1.82, 2.24) is 0 Å². The van der Waals surface area contributed by atoms with Crippen molar-refractivity contribution < 1.29 is 148 Å². The van der Waals surface area contributed by atoms with Gasteiger partial charge in [0.2, 0.25) is 5.69 Å². The Hall–Kier alpha value is 0.440. The zero-order valence-electron chi connectivity index (χ0n) is 34.1. The van der Waals surface area contributed by atoms with E-state index in [4.69, 9.17) is 11.6 Å². The van der Waals surface area contributed by atoms with Crippen LogP contribution in [0.15, 0.2) is 92.4 Å². The number of anilines is 1. The normalized spacial score (nSPS) is 18.4. The van der Waals surface area contributed by atoms with Crippen LogP contribution in [0, 0.1) is 0 Å². The van der Waals surface area contributed by atoms with E-state index in [0.717, 1.165) is 63.6 Å². The van der Waals surface area contributed by atoms with E-state index in [1.54, 1.807) is 12.1 Å². The molecule has 2 aromatic rings. The number of hydrogen-bond donors (Lipinski definition) is 0. The molecule has 0 amide bonds. The van der Waals surface area contributed by atoms with Gasteiger partial charge < -0.3 is 24.5 Å². The van der Waals surface area contributed by atoms with Crippen LogP contribution in [0.1, 0.15) is 77.3 Å². The number of hydrogen-bond acceptors (Lipinski definition) is 15. The van der Waals surface area contributed by atoms with E-state index in [1.807, 2.05) is 50.3 Å². The first kappa shape index (κ1) is 55.6. The summed E-state index contributed by atoms with van der Waals surface area (Å²) in [6.45, 7) is 9.11. The largest absolute Gasteiger partial charge is 1.00 e. The minimum Gasteiger partial charge on any atom is -0.748 e. The zero-order chi connectivity index (χ0) is 40.9. The SMILES string of the molecule is CC1(C)C(/C=C/C2=C(Cl)C(=C/C=C3/N(CCCCSOO[O-])c4ccc(S(=O)(=O)[O-])cc4C3(C)C)/CC2)=[N+](CCCCS(=O)(=O)[O-])c2ccc(SOO[O-])cc21.[Na+].[Na+].[Na+]. The number of rotatable bonds is 19. The molecule has 306 valence electrons. The Balaban J connectivity index is 0.00000400. The number of nitrogens with zero attached hydrogens (tertiary/aromatic N) is 2. The molecular formula is C37H42ClN2Na3O12S4. The fraction of sp³-hybridized carbons (Fsp3) is 0.432. The van der Waals surface area contributed by atoms with Crippen LogP contribution in [-0.2, 0) is 49.8 Å². The number of fused-ring (bicyclic) bond motifs is 2. The first-order chi connectivity index (χ1) is 26.4. The monoisotopic (exact) mass is 938 g/mol. The van der Waals surface area contributed by atoms with Gasteiger partial charge in [-0.2, -0.15) is 13.2 Å². The van der Waals surface area contributed by atoms with Crippen molar-refractivity contribution in [2.75, 3.05) is 29.5 Å². The first-order valence-electron chi connectivity index (χ1n) is 17.7. The summed E-state index contributed by atoms with van der Waals surface area (Å²) in [6.07, 6.45) is 11.4. The molecule has 0 fully saturated rings. The summed E-state index contributed by atoms with van der Waals surface area (Å²) < 4.78 is 80.6. The van der Waals surface area contributed by atoms with Gasteiger partial charge >= 0.3 is 88.7 Å². The van der Waals surface area contributed by atoms with Gasteiger partial charge in [0.1, 0.15) is 16.7 Å². The summed E-state index contributed by atoms with van der Waals surface area (Å²) in [6, 6.07) is 10.0. The van der Waals surface area contributed by atoms with E-state index in [-0.39, 0.29) is 100.0 Å². The van der Waals surface area contributed by atoms with Gasteiger partial charge in [-0.3, -0.25) is 10.1 Å². The van der Waals surface area contributed by atoms with Crippen molar-refractivity contribution in [2.24, 2.45) is 0 Å². The van der Waals surface area contributed by atoms with Crippen molar-refractivity contribution in [3.8, 4) is 0 Å². The van der Waals surface area contributed by atoms with Crippen molar-refractivity contribution in [3.63, 3.8) is 0 Å². The van der Waals surface area contributed by atoms with E-state index in [1.165, 1.54) is 12.1 Å². The molecule has 2 heterocycles. The molecule has 5 rings (SSSR count). The Morgan fingerprint density at radius 2 is 1.56 bits per heavy atom. The van der Waals surface area contributed by atoms with Gasteiger partial charge in [-0.05, 0) is 99.1 Å². The third kappa shape index (κ3) is 14.0. The summed E-state index contributed by atoms with van der Waals surface area (Å²) in [5.41, 5.74) is 5.85. The smallest absolute Gasteiger partial charge is 0.748 e. The molecule has 0 saturated carbocycles. The summed E-state index contributed by atoms with van der Waals surface area (Å²) in [7, 11) is -9.02. The molecule has 0 saturated heterocycles. The van der Waals surface area contributed by atoms with Crippen molar-refractivity contribution in [3.05, 3.63) is 93.7 Å². The van der Waals surface area contributed by atoms with E-state index in [2.05, 4.69) is 42.1 Å². The van der Waals surface area contributed by atoms with Crippen LogP contribution in [0.25, 0.3) is 0 Å². The van der Waals surface area contributed by atoms with Crippen LogP contribution in [0.4, 0.5) is 11.4 Å². The van der Waals surface area contributed by atoms with Gasteiger partial charge in [0, 0.05) is 80.9 Å². The summed E-state index contributed by atoms with van der Waals surface area (Å²) in [5, 5.41) is 28.1. The molecule has 2 aliphatic heterocycles. The fourth-order valence-electron chi connectivity index (χ4n) is 7.45. The Labute approximate surface area is 426 Å². The van der Waals surface area contributed by atoms with Gasteiger partial charge in [-0.1, -0.05) is 37.6 Å². The maximum atomic E-state index is 11.9. The van der Waals surface area contributed by atoms with E-state index >= 15 is 0 Å². The molecule has 0 N–H and O–H groups in total. The maximum absolute atomic E-state index is 11.9.